The summed E-state index contributed by atoms with van der Waals surface area (Å²) in [7, 11) is 1.86. The summed E-state index contributed by atoms with van der Waals surface area (Å²) < 4.78 is 6.02. The molecule has 6 heteroatoms. The van der Waals surface area contributed by atoms with Crippen LogP contribution in [0.25, 0.3) is 0 Å². The van der Waals surface area contributed by atoms with Crippen LogP contribution < -0.4 is 10.6 Å². The smallest absolute Gasteiger partial charge is 0.191 e. The normalized spacial score (nSPS) is 30.3. The fraction of sp³-hybridized carbons (Fsp3) is 0.944. The summed E-state index contributed by atoms with van der Waals surface area (Å²) in [6, 6.07) is 1.21. The molecule has 0 aromatic carbocycles. The molecule has 0 spiro atoms. The average Bonchev–Trinajstić information content (AvgIpc) is 3.08. The number of fused-ring (bicyclic) bond motifs is 1. The van der Waals surface area contributed by atoms with E-state index in [1.807, 2.05) is 7.05 Å². The first-order chi connectivity index (χ1) is 11.8. The van der Waals surface area contributed by atoms with E-state index in [2.05, 4.69) is 32.3 Å². The number of ether oxygens (including phenoxy) is 1. The van der Waals surface area contributed by atoms with Gasteiger partial charge in [-0.25, -0.2) is 0 Å². The Labute approximate surface area is 147 Å². The standard InChI is InChI=1S/C18H35N5O/c1-3-8-22-10-6-15(7-11-22)21-18(19-2)20-12-17-13-23-9-4-5-16(23)14-24-17/h15-17H,3-14H2,1-2H3,(H2,19,20,21). The number of likely N-dealkylation sites (tertiary alicyclic amines) is 1. The molecule has 0 aromatic rings. The summed E-state index contributed by atoms with van der Waals surface area (Å²) in [4.78, 5) is 9.56. The van der Waals surface area contributed by atoms with Crippen LogP contribution >= 0.6 is 0 Å². The van der Waals surface area contributed by atoms with E-state index in [4.69, 9.17) is 4.74 Å². The third-order valence-electron chi connectivity index (χ3n) is 5.65. The molecule has 3 aliphatic heterocycles. The van der Waals surface area contributed by atoms with Crippen LogP contribution in [0.15, 0.2) is 4.99 Å². The fourth-order valence-electron chi connectivity index (χ4n) is 4.22. The van der Waals surface area contributed by atoms with E-state index < -0.39 is 0 Å². The lowest BCUT2D eigenvalue weighted by Crippen LogP contribution is -2.53. The summed E-state index contributed by atoms with van der Waals surface area (Å²) in [5, 5.41) is 7.07. The maximum Gasteiger partial charge on any atom is 0.191 e. The number of nitrogens with zero attached hydrogens (tertiary/aromatic N) is 3. The van der Waals surface area contributed by atoms with Crippen molar-refractivity contribution in [2.24, 2.45) is 4.99 Å². The van der Waals surface area contributed by atoms with Crippen molar-refractivity contribution in [3.05, 3.63) is 0 Å². The monoisotopic (exact) mass is 337 g/mol. The highest BCUT2D eigenvalue weighted by Gasteiger charge is 2.32. The van der Waals surface area contributed by atoms with Crippen molar-refractivity contribution in [3.8, 4) is 0 Å². The number of hydrogen-bond acceptors (Lipinski definition) is 4. The number of rotatable bonds is 5. The van der Waals surface area contributed by atoms with Gasteiger partial charge >= 0.3 is 0 Å². The molecule has 0 amide bonds. The first-order valence-electron chi connectivity index (χ1n) is 9.83. The molecule has 3 saturated heterocycles. The molecule has 2 N–H and O–H groups in total. The maximum atomic E-state index is 6.02. The molecule has 0 aromatic heterocycles. The molecule has 138 valence electrons. The third-order valence-corrected chi connectivity index (χ3v) is 5.65. The van der Waals surface area contributed by atoms with Crippen molar-refractivity contribution in [2.45, 2.75) is 57.2 Å². The van der Waals surface area contributed by atoms with Crippen molar-refractivity contribution in [1.82, 2.24) is 20.4 Å². The number of guanidine groups is 1. The second-order valence-electron chi connectivity index (χ2n) is 7.46. The summed E-state index contributed by atoms with van der Waals surface area (Å²) >= 11 is 0. The van der Waals surface area contributed by atoms with Crippen LogP contribution in [0.2, 0.25) is 0 Å². The second-order valence-corrected chi connectivity index (χ2v) is 7.46. The molecule has 0 aliphatic carbocycles. The molecule has 0 bridgehead atoms. The quantitative estimate of drug-likeness (QED) is 0.576. The zero-order valence-electron chi connectivity index (χ0n) is 15.5. The van der Waals surface area contributed by atoms with Gasteiger partial charge < -0.3 is 20.3 Å². The minimum absolute atomic E-state index is 0.282. The Balaban J connectivity index is 1.36. The number of hydrogen-bond donors (Lipinski definition) is 2. The third kappa shape index (κ3) is 4.83. The molecule has 2 atom stereocenters. The van der Waals surface area contributed by atoms with Crippen LogP contribution in [0, 0.1) is 0 Å². The Morgan fingerprint density at radius 1 is 1.21 bits per heavy atom. The first kappa shape index (κ1) is 18.0. The Morgan fingerprint density at radius 2 is 2.04 bits per heavy atom. The van der Waals surface area contributed by atoms with Gasteiger partial charge in [0.25, 0.3) is 0 Å². The minimum Gasteiger partial charge on any atom is -0.373 e. The Hall–Kier alpha value is -0.850. The zero-order chi connectivity index (χ0) is 16.8. The largest absolute Gasteiger partial charge is 0.373 e. The number of piperidine rings is 1. The Bertz CT molecular complexity index is 408. The van der Waals surface area contributed by atoms with Gasteiger partial charge in [0.2, 0.25) is 0 Å². The lowest BCUT2D eigenvalue weighted by Gasteiger charge is -2.36. The van der Waals surface area contributed by atoms with Crippen molar-refractivity contribution in [1.29, 1.82) is 0 Å². The van der Waals surface area contributed by atoms with E-state index in [0.717, 1.165) is 25.7 Å². The van der Waals surface area contributed by atoms with Gasteiger partial charge in [0, 0.05) is 45.3 Å². The number of aliphatic imine (C=N–C) groups is 1. The Kier molecular flexibility index (Phi) is 6.75. The summed E-state index contributed by atoms with van der Waals surface area (Å²) in [6.07, 6.45) is 6.57. The predicted molar refractivity (Wildman–Crippen MR) is 98.6 cm³/mol. The van der Waals surface area contributed by atoms with Gasteiger partial charge in [0.05, 0.1) is 12.7 Å². The molecule has 3 heterocycles. The van der Waals surface area contributed by atoms with Crippen LogP contribution in [0.4, 0.5) is 0 Å². The van der Waals surface area contributed by atoms with Crippen LogP contribution in [0.3, 0.4) is 0 Å². The van der Waals surface area contributed by atoms with Crippen LogP contribution in [0.5, 0.6) is 0 Å². The predicted octanol–water partition coefficient (Wildman–Crippen LogP) is 0.889. The van der Waals surface area contributed by atoms with Crippen molar-refractivity contribution >= 4 is 5.96 Å². The van der Waals surface area contributed by atoms with Crippen LogP contribution in [-0.4, -0.2) is 86.9 Å². The maximum absolute atomic E-state index is 6.02. The second kappa shape index (κ2) is 9.02. The van der Waals surface area contributed by atoms with E-state index >= 15 is 0 Å². The summed E-state index contributed by atoms with van der Waals surface area (Å²) in [6.45, 7) is 9.93. The van der Waals surface area contributed by atoms with Gasteiger partial charge in [-0.05, 0) is 45.2 Å². The van der Waals surface area contributed by atoms with Gasteiger partial charge in [-0.15, -0.1) is 0 Å². The van der Waals surface area contributed by atoms with Gasteiger partial charge in [0.1, 0.15) is 0 Å². The van der Waals surface area contributed by atoms with Crippen LogP contribution in [0.1, 0.15) is 39.0 Å². The van der Waals surface area contributed by atoms with E-state index in [-0.39, 0.29) is 6.10 Å². The van der Waals surface area contributed by atoms with Gasteiger partial charge in [-0.3, -0.25) is 9.89 Å². The minimum atomic E-state index is 0.282. The molecule has 6 nitrogen and oxygen atoms in total. The molecule has 3 rings (SSSR count). The number of nitrogens with one attached hydrogen (secondary N) is 2. The van der Waals surface area contributed by atoms with Crippen molar-refractivity contribution < 1.29 is 4.74 Å². The average molecular weight is 338 g/mol. The van der Waals surface area contributed by atoms with Gasteiger partial charge in [-0.2, -0.15) is 0 Å². The molecule has 3 aliphatic rings. The molecular weight excluding hydrogens is 302 g/mol. The fourth-order valence-corrected chi connectivity index (χ4v) is 4.22. The molecule has 24 heavy (non-hydrogen) atoms. The van der Waals surface area contributed by atoms with E-state index in [1.165, 1.54) is 58.3 Å². The van der Waals surface area contributed by atoms with Crippen LogP contribution in [-0.2, 0) is 4.74 Å². The molecule has 0 saturated carbocycles. The first-order valence-corrected chi connectivity index (χ1v) is 9.83. The SMILES string of the molecule is CCCN1CCC(NC(=NC)NCC2CN3CCCC3CO2)CC1. The topological polar surface area (TPSA) is 52.1 Å². The summed E-state index contributed by atoms with van der Waals surface area (Å²) in [5.74, 6) is 0.927. The lowest BCUT2D eigenvalue weighted by molar-refractivity contribution is -0.0453. The van der Waals surface area contributed by atoms with Crippen molar-refractivity contribution in [2.75, 3.05) is 52.9 Å². The van der Waals surface area contributed by atoms with Gasteiger partial charge in [-0.1, -0.05) is 6.92 Å². The molecule has 0 radical (unpaired) electrons. The summed E-state index contributed by atoms with van der Waals surface area (Å²) in [5.41, 5.74) is 0. The van der Waals surface area contributed by atoms with E-state index in [0.29, 0.717) is 12.1 Å². The van der Waals surface area contributed by atoms with Crippen molar-refractivity contribution in [3.63, 3.8) is 0 Å². The number of morpholine rings is 1. The van der Waals surface area contributed by atoms with E-state index in [9.17, 15) is 0 Å². The zero-order valence-corrected chi connectivity index (χ0v) is 15.5. The van der Waals surface area contributed by atoms with Gasteiger partial charge in [0.15, 0.2) is 5.96 Å². The lowest BCUT2D eigenvalue weighted by atomic mass is 10.1. The highest BCUT2D eigenvalue weighted by atomic mass is 16.5. The highest BCUT2D eigenvalue weighted by Crippen LogP contribution is 2.22. The molecule has 2 unspecified atom stereocenters. The Morgan fingerprint density at radius 3 is 2.79 bits per heavy atom. The molecular formula is C18H35N5O. The highest BCUT2D eigenvalue weighted by molar-refractivity contribution is 5.80. The van der Waals surface area contributed by atoms with E-state index in [1.54, 1.807) is 0 Å². The molecule has 3 fully saturated rings.